The summed E-state index contributed by atoms with van der Waals surface area (Å²) in [5.41, 5.74) is 0. The van der Waals surface area contributed by atoms with E-state index in [2.05, 4.69) is 4.98 Å². The topological polar surface area (TPSA) is 42.4 Å². The lowest BCUT2D eigenvalue weighted by Gasteiger charge is -2.08. The average molecular weight is 240 g/mol. The van der Waals surface area contributed by atoms with Gasteiger partial charge < -0.3 is 9.84 Å². The van der Waals surface area contributed by atoms with Gasteiger partial charge in [-0.1, -0.05) is 23.2 Å². The number of ether oxygens (including phenoxy) is 1. The number of nitrogens with zero attached hydrogens (tertiary/aromatic N) is 1. The van der Waals surface area contributed by atoms with Crippen LogP contribution in [0.25, 0.3) is 0 Å². The van der Waals surface area contributed by atoms with Crippen LogP contribution in [-0.4, -0.2) is 22.8 Å². The lowest BCUT2D eigenvalue weighted by atomic mass is 10.4. The van der Waals surface area contributed by atoms with E-state index in [0.717, 1.165) is 0 Å². The van der Waals surface area contributed by atoms with Gasteiger partial charge in [-0.05, 0) is 13.0 Å². The highest BCUT2D eigenvalue weighted by Gasteiger charge is 2.10. The maximum absolute atomic E-state index is 12.8. The van der Waals surface area contributed by atoms with Gasteiger partial charge in [-0.2, -0.15) is 9.37 Å². The smallest absolute Gasteiger partial charge is 0.235 e. The van der Waals surface area contributed by atoms with Gasteiger partial charge in [0.15, 0.2) is 0 Å². The summed E-state index contributed by atoms with van der Waals surface area (Å²) >= 11 is 11.1. The van der Waals surface area contributed by atoms with Gasteiger partial charge in [0.05, 0.1) is 11.1 Å². The van der Waals surface area contributed by atoms with Gasteiger partial charge in [0.2, 0.25) is 11.8 Å². The summed E-state index contributed by atoms with van der Waals surface area (Å²) < 4.78 is 17.8. The van der Waals surface area contributed by atoms with Crippen LogP contribution in [0.2, 0.25) is 10.0 Å². The maximum atomic E-state index is 12.8. The van der Waals surface area contributed by atoms with Crippen molar-refractivity contribution < 1.29 is 14.2 Å². The molecule has 0 fully saturated rings. The summed E-state index contributed by atoms with van der Waals surface area (Å²) in [6.07, 6.45) is -0.674. The molecular formula is C8H8Cl2FNO2. The van der Waals surface area contributed by atoms with Crippen molar-refractivity contribution in [1.82, 2.24) is 4.98 Å². The molecule has 0 aliphatic heterocycles. The predicted molar refractivity (Wildman–Crippen MR) is 51.4 cm³/mol. The summed E-state index contributed by atoms with van der Waals surface area (Å²) in [6, 6.07) is 1.20. The Balaban J connectivity index is 2.82. The Morgan fingerprint density at radius 2 is 2.21 bits per heavy atom. The van der Waals surface area contributed by atoms with E-state index in [1.54, 1.807) is 0 Å². The number of hydrogen-bond acceptors (Lipinski definition) is 3. The third kappa shape index (κ3) is 2.97. The minimum absolute atomic E-state index is 0.00616. The van der Waals surface area contributed by atoms with Crippen LogP contribution in [0.15, 0.2) is 6.07 Å². The number of pyridine rings is 1. The molecule has 0 aliphatic rings. The molecule has 0 aromatic carbocycles. The van der Waals surface area contributed by atoms with Gasteiger partial charge in [-0.3, -0.25) is 0 Å². The first-order chi connectivity index (χ1) is 6.50. The van der Waals surface area contributed by atoms with Gasteiger partial charge in [0, 0.05) is 0 Å². The van der Waals surface area contributed by atoms with Crippen LogP contribution in [0.3, 0.4) is 0 Å². The molecule has 0 spiro atoms. The normalized spacial score (nSPS) is 12.6. The van der Waals surface area contributed by atoms with Crippen molar-refractivity contribution >= 4 is 23.2 Å². The summed E-state index contributed by atoms with van der Waals surface area (Å²) in [5, 5.41) is 8.85. The van der Waals surface area contributed by atoms with Gasteiger partial charge in [-0.25, -0.2) is 0 Å². The highest BCUT2D eigenvalue weighted by atomic mass is 35.5. The first-order valence-electron chi connectivity index (χ1n) is 3.83. The van der Waals surface area contributed by atoms with Crippen molar-refractivity contribution in [2.45, 2.75) is 13.0 Å². The zero-order valence-electron chi connectivity index (χ0n) is 7.30. The number of aromatic nitrogens is 1. The molecule has 1 atom stereocenters. The summed E-state index contributed by atoms with van der Waals surface area (Å²) in [5.74, 6) is -0.925. The molecule has 1 unspecified atom stereocenters. The second-order valence-electron chi connectivity index (χ2n) is 2.71. The van der Waals surface area contributed by atoms with Crippen molar-refractivity contribution in [3.8, 4) is 5.88 Å². The van der Waals surface area contributed by atoms with Crippen LogP contribution >= 0.6 is 23.2 Å². The predicted octanol–water partition coefficient (Wildman–Crippen LogP) is 2.29. The third-order valence-electron chi connectivity index (χ3n) is 1.32. The lowest BCUT2D eigenvalue weighted by molar-refractivity contribution is 0.119. The molecule has 0 aliphatic carbocycles. The minimum atomic E-state index is -0.850. The maximum Gasteiger partial charge on any atom is 0.235 e. The molecule has 1 rings (SSSR count). The van der Waals surface area contributed by atoms with Gasteiger partial charge in [-0.15, -0.1) is 0 Å². The molecule has 14 heavy (non-hydrogen) atoms. The zero-order chi connectivity index (χ0) is 10.7. The Hall–Kier alpha value is -0.580. The standard InChI is InChI=1S/C8H8Cl2FNO2/c1-4(13)3-14-8-6(10)2-5(9)7(11)12-8/h2,4,13H,3H2,1H3. The van der Waals surface area contributed by atoms with Crippen molar-refractivity contribution in [3.63, 3.8) is 0 Å². The number of rotatable bonds is 3. The molecule has 0 amide bonds. The number of hydrogen-bond donors (Lipinski definition) is 1. The Bertz CT molecular complexity index is 333. The van der Waals surface area contributed by atoms with E-state index < -0.39 is 12.1 Å². The van der Waals surface area contributed by atoms with E-state index in [9.17, 15) is 4.39 Å². The lowest BCUT2D eigenvalue weighted by Crippen LogP contribution is -2.13. The van der Waals surface area contributed by atoms with Crippen LogP contribution in [0, 0.1) is 5.95 Å². The molecule has 0 radical (unpaired) electrons. The molecule has 1 aromatic rings. The molecule has 1 aromatic heterocycles. The Kier molecular flexibility index (Phi) is 3.92. The summed E-state index contributed by atoms with van der Waals surface area (Å²) in [6.45, 7) is 1.52. The number of halogens is 3. The van der Waals surface area contributed by atoms with Crippen molar-refractivity contribution in [3.05, 3.63) is 22.1 Å². The second-order valence-corrected chi connectivity index (χ2v) is 3.52. The van der Waals surface area contributed by atoms with Gasteiger partial charge in [0.25, 0.3) is 0 Å². The van der Waals surface area contributed by atoms with Crippen molar-refractivity contribution in [2.75, 3.05) is 6.61 Å². The van der Waals surface area contributed by atoms with Crippen molar-refractivity contribution in [1.29, 1.82) is 0 Å². The molecule has 3 nitrogen and oxygen atoms in total. The quantitative estimate of drug-likeness (QED) is 0.824. The second kappa shape index (κ2) is 4.77. The molecule has 1 heterocycles. The molecule has 0 saturated heterocycles. The SMILES string of the molecule is CC(O)COc1nc(F)c(Cl)cc1Cl. The number of aliphatic hydroxyl groups is 1. The highest BCUT2D eigenvalue weighted by Crippen LogP contribution is 2.26. The van der Waals surface area contributed by atoms with E-state index in [-0.39, 0.29) is 22.5 Å². The average Bonchev–Trinajstić information content (AvgIpc) is 2.09. The van der Waals surface area contributed by atoms with E-state index in [1.165, 1.54) is 13.0 Å². The van der Waals surface area contributed by atoms with E-state index in [0.29, 0.717) is 0 Å². The fraction of sp³-hybridized carbons (Fsp3) is 0.375. The Morgan fingerprint density at radius 3 is 2.79 bits per heavy atom. The monoisotopic (exact) mass is 239 g/mol. The molecule has 78 valence electrons. The fourth-order valence-electron chi connectivity index (χ4n) is 0.729. The zero-order valence-corrected chi connectivity index (χ0v) is 8.81. The first kappa shape index (κ1) is 11.5. The van der Waals surface area contributed by atoms with E-state index in [4.69, 9.17) is 33.0 Å². The van der Waals surface area contributed by atoms with Crippen LogP contribution in [0.5, 0.6) is 5.88 Å². The van der Waals surface area contributed by atoms with Crippen molar-refractivity contribution in [2.24, 2.45) is 0 Å². The molecule has 0 saturated carbocycles. The largest absolute Gasteiger partial charge is 0.474 e. The van der Waals surface area contributed by atoms with Gasteiger partial charge in [0.1, 0.15) is 11.6 Å². The Morgan fingerprint density at radius 1 is 1.57 bits per heavy atom. The van der Waals surface area contributed by atoms with E-state index in [1.807, 2.05) is 0 Å². The van der Waals surface area contributed by atoms with Crippen LogP contribution in [0.4, 0.5) is 4.39 Å². The number of aliphatic hydroxyl groups excluding tert-OH is 1. The van der Waals surface area contributed by atoms with Crippen LogP contribution < -0.4 is 4.74 Å². The first-order valence-corrected chi connectivity index (χ1v) is 4.58. The van der Waals surface area contributed by atoms with Crippen LogP contribution in [0.1, 0.15) is 6.92 Å². The van der Waals surface area contributed by atoms with E-state index >= 15 is 0 Å². The summed E-state index contributed by atoms with van der Waals surface area (Å²) in [4.78, 5) is 3.38. The third-order valence-corrected chi connectivity index (χ3v) is 1.85. The van der Waals surface area contributed by atoms with Gasteiger partial charge >= 0.3 is 0 Å². The molecular weight excluding hydrogens is 232 g/mol. The fourth-order valence-corrected chi connectivity index (χ4v) is 1.14. The summed E-state index contributed by atoms with van der Waals surface area (Å²) in [7, 11) is 0. The highest BCUT2D eigenvalue weighted by molar-refractivity contribution is 6.35. The van der Waals surface area contributed by atoms with Crippen LogP contribution in [-0.2, 0) is 0 Å². The molecule has 0 bridgehead atoms. The molecule has 1 N–H and O–H groups in total. The minimum Gasteiger partial charge on any atom is -0.474 e. The molecule has 6 heteroatoms. The Labute approximate surface area is 90.4 Å².